The molecule has 0 radical (unpaired) electrons. The Morgan fingerprint density at radius 1 is 0.881 bits per heavy atom. The van der Waals surface area contributed by atoms with E-state index in [-0.39, 0.29) is 28.6 Å². The lowest BCUT2D eigenvalue weighted by Crippen LogP contribution is -2.40. The van der Waals surface area contributed by atoms with Gasteiger partial charge in [0, 0.05) is 30.8 Å². The van der Waals surface area contributed by atoms with Crippen molar-refractivity contribution in [3.63, 3.8) is 0 Å². The average molecular weight is 638 g/mol. The van der Waals surface area contributed by atoms with Gasteiger partial charge in [-0.2, -0.15) is 4.31 Å². The Bertz CT molecular complexity index is 1610. The van der Waals surface area contributed by atoms with Crippen LogP contribution in [0, 0.1) is 0 Å². The van der Waals surface area contributed by atoms with Gasteiger partial charge < -0.3 is 19.5 Å². The molecule has 1 amide bonds. The molecule has 224 valence electrons. The number of nitrogens with zero attached hydrogens (tertiary/aromatic N) is 2. The van der Waals surface area contributed by atoms with E-state index in [1.54, 1.807) is 0 Å². The monoisotopic (exact) mass is 637 g/mol. The van der Waals surface area contributed by atoms with Gasteiger partial charge in [-0.15, -0.1) is 0 Å². The quantitative estimate of drug-likeness (QED) is 0.313. The minimum atomic E-state index is -3.81. The van der Waals surface area contributed by atoms with Crippen LogP contribution in [0.25, 0.3) is 0 Å². The topological polar surface area (TPSA) is 149 Å². The Morgan fingerprint density at radius 2 is 1.48 bits per heavy atom. The van der Waals surface area contributed by atoms with Crippen molar-refractivity contribution in [2.75, 3.05) is 56.2 Å². The van der Waals surface area contributed by atoms with Gasteiger partial charge >= 0.3 is 5.97 Å². The smallest absolute Gasteiger partial charge is 0.344 e. The highest BCUT2D eigenvalue weighted by Crippen LogP contribution is 2.25. The molecule has 42 heavy (non-hydrogen) atoms. The Hall–Kier alpha value is -3.69. The number of rotatable bonds is 11. The molecule has 3 aromatic carbocycles. The second-order valence-corrected chi connectivity index (χ2v) is 13.3. The number of benzene rings is 3. The van der Waals surface area contributed by atoms with E-state index in [2.05, 4.69) is 5.32 Å². The van der Waals surface area contributed by atoms with Gasteiger partial charge in [0.05, 0.1) is 28.7 Å². The molecule has 1 aliphatic rings. The third-order valence-electron chi connectivity index (χ3n) is 6.14. The molecule has 3 aromatic rings. The van der Waals surface area contributed by atoms with Crippen LogP contribution in [0.1, 0.15) is 0 Å². The van der Waals surface area contributed by atoms with E-state index in [4.69, 9.17) is 25.8 Å². The lowest BCUT2D eigenvalue weighted by Gasteiger charge is -2.26. The minimum Gasteiger partial charge on any atom is -0.482 e. The molecule has 1 fully saturated rings. The summed E-state index contributed by atoms with van der Waals surface area (Å²) in [6, 6.07) is 17.5. The summed E-state index contributed by atoms with van der Waals surface area (Å²) in [6.07, 6.45) is 0. The highest BCUT2D eigenvalue weighted by molar-refractivity contribution is 7.92. The number of amides is 1. The molecule has 1 heterocycles. The molecular weight excluding hydrogens is 610 g/mol. The Kier molecular flexibility index (Phi) is 10.1. The highest BCUT2D eigenvalue weighted by atomic mass is 35.5. The molecule has 1 aliphatic heterocycles. The highest BCUT2D eigenvalue weighted by Gasteiger charge is 2.26. The van der Waals surface area contributed by atoms with Crippen molar-refractivity contribution in [3.05, 3.63) is 77.8 Å². The van der Waals surface area contributed by atoms with Gasteiger partial charge in [0.25, 0.3) is 15.9 Å². The lowest BCUT2D eigenvalue weighted by molar-refractivity contribution is -0.149. The minimum absolute atomic E-state index is 0.0789. The number of sulfonamides is 2. The summed E-state index contributed by atoms with van der Waals surface area (Å²) in [5.41, 5.74) is 0.694. The molecule has 0 spiro atoms. The van der Waals surface area contributed by atoms with Crippen molar-refractivity contribution in [3.8, 4) is 5.75 Å². The molecule has 0 unspecified atom stereocenters. The van der Waals surface area contributed by atoms with Crippen LogP contribution in [0.5, 0.6) is 5.75 Å². The summed E-state index contributed by atoms with van der Waals surface area (Å²) < 4.78 is 69.0. The fraction of sp³-hybridized carbons (Fsp3) is 0.259. The largest absolute Gasteiger partial charge is 0.482 e. The molecule has 12 nitrogen and oxygen atoms in total. The third kappa shape index (κ3) is 7.77. The van der Waals surface area contributed by atoms with Crippen molar-refractivity contribution < 1.29 is 40.6 Å². The van der Waals surface area contributed by atoms with Crippen molar-refractivity contribution in [2.45, 2.75) is 9.79 Å². The second kappa shape index (κ2) is 13.5. The second-order valence-electron chi connectivity index (χ2n) is 8.96. The number of hydrogen-bond donors (Lipinski definition) is 1. The number of nitrogens with one attached hydrogen (secondary N) is 1. The molecule has 15 heteroatoms. The number of anilines is 2. The molecule has 0 saturated carbocycles. The van der Waals surface area contributed by atoms with Crippen molar-refractivity contribution in [1.82, 2.24) is 4.31 Å². The first kappa shape index (κ1) is 31.3. The van der Waals surface area contributed by atoms with E-state index in [9.17, 15) is 26.4 Å². The summed E-state index contributed by atoms with van der Waals surface area (Å²) in [6.45, 7) is 0.141. The standard InChI is InChI=1S/C27H28ClN3O9S2/c1-30(41(34,35)24-10-2-20(28)3-11-24)22-6-8-23(9-7-22)39-19-27(33)40-18-26(32)29-21-4-12-25(13-5-21)42(36,37)31-14-16-38-17-15-31/h2-13H,14-19H2,1H3,(H,29,32). The maximum absolute atomic E-state index is 12.8. The average Bonchev–Trinajstić information content (AvgIpc) is 3.00. The van der Waals surface area contributed by atoms with Gasteiger partial charge in [-0.05, 0) is 72.8 Å². The maximum Gasteiger partial charge on any atom is 0.344 e. The molecule has 0 atom stereocenters. The summed E-state index contributed by atoms with van der Waals surface area (Å²) in [4.78, 5) is 24.4. The molecule has 4 rings (SSSR count). The Balaban J connectivity index is 1.22. The Morgan fingerprint density at radius 3 is 2.10 bits per heavy atom. The third-order valence-corrected chi connectivity index (χ3v) is 10.1. The van der Waals surface area contributed by atoms with E-state index in [1.165, 1.54) is 84.1 Å². The maximum atomic E-state index is 12.8. The Labute approximate surface area is 248 Å². The number of carbonyl (C=O) groups is 2. The SMILES string of the molecule is CN(c1ccc(OCC(=O)OCC(=O)Nc2ccc(S(=O)(=O)N3CCOCC3)cc2)cc1)S(=O)(=O)c1ccc(Cl)cc1. The predicted octanol–water partition coefficient (Wildman–Crippen LogP) is 2.75. The van der Waals surface area contributed by atoms with Gasteiger partial charge in [-0.1, -0.05) is 11.6 Å². The van der Waals surface area contributed by atoms with Gasteiger partial charge in [0.2, 0.25) is 10.0 Å². The molecule has 0 aliphatic carbocycles. The number of esters is 1. The molecular formula is C27H28ClN3O9S2. The van der Waals surface area contributed by atoms with Gasteiger partial charge in [-0.3, -0.25) is 9.10 Å². The van der Waals surface area contributed by atoms with E-state index >= 15 is 0 Å². The van der Waals surface area contributed by atoms with E-state index < -0.39 is 45.1 Å². The molecule has 1 N–H and O–H groups in total. The summed E-state index contributed by atoms with van der Waals surface area (Å²) in [5.74, 6) is -1.14. The van der Waals surface area contributed by atoms with Crippen LogP contribution >= 0.6 is 11.6 Å². The molecule has 1 saturated heterocycles. The van der Waals surface area contributed by atoms with Crippen LogP contribution in [-0.4, -0.2) is 79.6 Å². The lowest BCUT2D eigenvalue weighted by atomic mass is 10.3. The number of hydrogen-bond acceptors (Lipinski definition) is 9. The van der Waals surface area contributed by atoms with Crippen molar-refractivity contribution >= 4 is 54.9 Å². The number of ether oxygens (including phenoxy) is 3. The first-order valence-electron chi connectivity index (χ1n) is 12.6. The molecule has 0 aromatic heterocycles. The van der Waals surface area contributed by atoms with Crippen LogP contribution in [0.4, 0.5) is 11.4 Å². The zero-order valence-corrected chi connectivity index (χ0v) is 24.8. The predicted molar refractivity (Wildman–Crippen MR) is 155 cm³/mol. The number of morpholine rings is 1. The summed E-state index contributed by atoms with van der Waals surface area (Å²) in [5, 5.41) is 2.95. The number of halogens is 1. The van der Waals surface area contributed by atoms with Crippen LogP contribution in [0.2, 0.25) is 5.02 Å². The fourth-order valence-electron chi connectivity index (χ4n) is 3.83. The summed E-state index contributed by atoms with van der Waals surface area (Å²) >= 11 is 5.84. The van der Waals surface area contributed by atoms with Gasteiger partial charge in [-0.25, -0.2) is 21.6 Å². The van der Waals surface area contributed by atoms with E-state index in [0.717, 1.165) is 4.31 Å². The first-order valence-corrected chi connectivity index (χ1v) is 15.8. The van der Waals surface area contributed by atoms with Gasteiger partial charge in [0.1, 0.15) is 5.75 Å². The van der Waals surface area contributed by atoms with Crippen LogP contribution in [0.3, 0.4) is 0 Å². The van der Waals surface area contributed by atoms with E-state index in [0.29, 0.717) is 29.6 Å². The van der Waals surface area contributed by atoms with E-state index in [1.807, 2.05) is 0 Å². The molecule has 0 bridgehead atoms. The van der Waals surface area contributed by atoms with Crippen LogP contribution < -0.4 is 14.4 Å². The first-order chi connectivity index (χ1) is 20.0. The zero-order chi connectivity index (χ0) is 30.3. The van der Waals surface area contributed by atoms with Crippen LogP contribution in [0.15, 0.2) is 82.6 Å². The summed E-state index contributed by atoms with van der Waals surface area (Å²) in [7, 11) is -6.06. The fourth-order valence-corrected chi connectivity index (χ4v) is 6.56. The zero-order valence-electron chi connectivity index (χ0n) is 22.4. The van der Waals surface area contributed by atoms with Gasteiger partial charge in [0.15, 0.2) is 13.2 Å². The van der Waals surface area contributed by atoms with Crippen molar-refractivity contribution in [2.24, 2.45) is 0 Å². The van der Waals surface area contributed by atoms with Crippen LogP contribution in [-0.2, 0) is 39.1 Å². The normalized spacial score (nSPS) is 14.1. The number of carbonyl (C=O) groups excluding carboxylic acids is 2. The van der Waals surface area contributed by atoms with Crippen molar-refractivity contribution in [1.29, 1.82) is 0 Å².